The molecule has 29 heavy (non-hydrogen) atoms. The van der Waals surface area contributed by atoms with Crippen LogP contribution < -0.4 is 0 Å². The highest BCUT2D eigenvalue weighted by Gasteiger charge is 2.61. The zero-order valence-corrected chi connectivity index (χ0v) is 16.1. The Morgan fingerprint density at radius 1 is 1.00 bits per heavy atom. The Kier molecular flexibility index (Phi) is 5.04. The Balaban J connectivity index is 2.06. The van der Waals surface area contributed by atoms with Crippen LogP contribution in [0.1, 0.15) is 11.5 Å². The van der Waals surface area contributed by atoms with E-state index < -0.39 is 65.1 Å². The Morgan fingerprint density at radius 3 is 2.03 bits per heavy atom. The topological polar surface area (TPSA) is 178 Å². The van der Waals surface area contributed by atoms with Crippen molar-refractivity contribution in [3.8, 4) is 0 Å². The van der Waals surface area contributed by atoms with Gasteiger partial charge in [0, 0.05) is 0 Å². The molecule has 11 nitrogen and oxygen atoms in total. The first-order chi connectivity index (χ1) is 13.5. The fraction of sp³-hybridized carbons (Fsp3) is 0.250. The van der Waals surface area contributed by atoms with Gasteiger partial charge < -0.3 is 23.8 Å². The number of furan rings is 2. The van der Waals surface area contributed by atoms with Crippen LogP contribution in [0.4, 0.5) is 0 Å². The molecule has 2 aromatic rings. The number of aliphatic carboxylic acids is 1. The Morgan fingerprint density at radius 2 is 1.55 bits per heavy atom. The highest BCUT2D eigenvalue weighted by Crippen LogP contribution is 2.39. The number of carboxylic acids is 1. The fourth-order valence-corrected chi connectivity index (χ4v) is 6.36. The van der Waals surface area contributed by atoms with Crippen molar-refractivity contribution in [2.24, 2.45) is 0 Å². The molecule has 0 bridgehead atoms. The smallest absolute Gasteiger partial charge is 0.376 e. The summed E-state index contributed by atoms with van der Waals surface area (Å²) in [4.78, 5) is 22.5. The highest BCUT2D eigenvalue weighted by molar-refractivity contribution is 7.95. The summed E-state index contributed by atoms with van der Waals surface area (Å²) in [6.07, 6.45) is 2.35. The van der Waals surface area contributed by atoms with Crippen molar-refractivity contribution in [1.29, 1.82) is 0 Å². The van der Waals surface area contributed by atoms with Crippen molar-refractivity contribution >= 4 is 31.6 Å². The van der Waals surface area contributed by atoms with Crippen LogP contribution in [0, 0.1) is 0 Å². The Bertz CT molecular complexity index is 1170. The maximum atomic E-state index is 12.8. The second-order valence-corrected chi connectivity index (χ2v) is 10.1. The molecule has 3 heterocycles. The number of sulfone groups is 2. The average Bonchev–Trinajstić information content (AvgIpc) is 3.30. The molecular weight excluding hydrogens is 432 g/mol. The minimum Gasteiger partial charge on any atom is -0.501 e. The maximum Gasteiger partial charge on any atom is 0.376 e. The lowest BCUT2D eigenvalue weighted by atomic mass is 10.1. The molecule has 0 aromatic carbocycles. The second-order valence-electron chi connectivity index (χ2n) is 6.15. The molecule has 0 saturated carbocycles. The largest absolute Gasteiger partial charge is 0.501 e. The van der Waals surface area contributed by atoms with Crippen LogP contribution in [0.3, 0.4) is 0 Å². The molecule has 0 spiro atoms. The quantitative estimate of drug-likeness (QED) is 0.541. The monoisotopic (exact) mass is 446 g/mol. The van der Waals surface area contributed by atoms with Gasteiger partial charge in [-0.1, -0.05) is 0 Å². The summed E-state index contributed by atoms with van der Waals surface area (Å²) in [6.45, 7) is 0. The van der Waals surface area contributed by atoms with Crippen LogP contribution in [0.15, 0.2) is 56.3 Å². The lowest BCUT2D eigenvalue weighted by Crippen LogP contribution is -2.49. The van der Waals surface area contributed by atoms with Crippen molar-refractivity contribution in [1.82, 2.24) is 0 Å². The Hall–Kier alpha value is -3.06. The molecule has 3 rings (SSSR count). The van der Waals surface area contributed by atoms with E-state index in [1.54, 1.807) is 0 Å². The average molecular weight is 446 g/mol. The Labute approximate surface area is 164 Å². The number of ether oxygens (including phenoxy) is 1. The minimum atomic E-state index is -4.73. The number of hydrogen-bond acceptors (Lipinski definition) is 10. The number of rotatable bonds is 8. The van der Waals surface area contributed by atoms with Gasteiger partial charge in [0.2, 0.25) is 5.76 Å². The van der Waals surface area contributed by atoms with Gasteiger partial charge >= 0.3 is 11.9 Å². The molecule has 0 amide bonds. The van der Waals surface area contributed by atoms with Gasteiger partial charge in [-0.15, -0.1) is 0 Å². The number of carbonyl (C=O) groups is 2. The van der Waals surface area contributed by atoms with Gasteiger partial charge in [0.15, 0.2) is 24.6 Å². The van der Waals surface area contributed by atoms with Gasteiger partial charge in [0.1, 0.15) is 28.8 Å². The van der Waals surface area contributed by atoms with E-state index in [2.05, 4.69) is 4.74 Å². The summed E-state index contributed by atoms with van der Waals surface area (Å²) in [5.74, 6) is -8.53. The van der Waals surface area contributed by atoms with Gasteiger partial charge in [-0.3, -0.25) is 0 Å². The fourth-order valence-electron chi connectivity index (χ4n) is 2.86. The predicted octanol–water partition coefficient (Wildman–Crippen LogP) is 0.552. The summed E-state index contributed by atoms with van der Waals surface area (Å²) >= 11 is 0. The lowest BCUT2D eigenvalue weighted by molar-refractivity contribution is -0.165. The number of carbonyl (C=O) groups excluding carboxylic acids is 1. The normalized spacial score (nSPS) is 20.1. The standard InChI is InChI=1S/C16H14O11S2/c17-12-13(29(23,24)8-11-4-2-6-26-11)16(15(19)20,27-14(12)18)9-28(21,22)7-10-3-1-5-25-10/h1-6,17H,7-9H2,(H,19,20). The number of carboxylic acid groups (broad SMARTS) is 1. The van der Waals surface area contributed by atoms with E-state index in [-0.39, 0.29) is 11.5 Å². The number of cyclic esters (lactones) is 1. The third-order valence-electron chi connectivity index (χ3n) is 3.98. The molecule has 1 aliphatic heterocycles. The van der Waals surface area contributed by atoms with Crippen molar-refractivity contribution in [3.63, 3.8) is 0 Å². The summed E-state index contributed by atoms with van der Waals surface area (Å²) in [7, 11) is -9.11. The molecule has 2 aromatic heterocycles. The molecule has 1 aliphatic rings. The van der Waals surface area contributed by atoms with E-state index in [4.69, 9.17) is 8.83 Å². The first-order valence-corrected chi connectivity index (χ1v) is 11.3. The number of hydrogen-bond donors (Lipinski definition) is 2. The van der Waals surface area contributed by atoms with Crippen LogP contribution >= 0.6 is 0 Å². The van der Waals surface area contributed by atoms with Crippen LogP contribution in [0.2, 0.25) is 0 Å². The number of esters is 1. The zero-order chi connectivity index (χ0) is 21.4. The van der Waals surface area contributed by atoms with E-state index in [1.165, 1.54) is 30.5 Å². The number of aliphatic hydroxyl groups is 1. The molecule has 13 heteroatoms. The minimum absolute atomic E-state index is 0.0388. The lowest BCUT2D eigenvalue weighted by Gasteiger charge is -2.25. The van der Waals surface area contributed by atoms with Crippen molar-refractivity contribution < 1.29 is 50.2 Å². The number of aliphatic hydroxyl groups excluding tert-OH is 1. The van der Waals surface area contributed by atoms with Crippen LogP contribution in [-0.2, 0) is 45.5 Å². The van der Waals surface area contributed by atoms with Gasteiger partial charge in [0.05, 0.1) is 12.5 Å². The third kappa shape index (κ3) is 3.91. The van der Waals surface area contributed by atoms with E-state index >= 15 is 0 Å². The van der Waals surface area contributed by atoms with E-state index in [9.17, 15) is 36.6 Å². The molecule has 0 fully saturated rings. The molecule has 1 unspecified atom stereocenters. The molecule has 0 radical (unpaired) electrons. The van der Waals surface area contributed by atoms with E-state index in [1.807, 2.05) is 0 Å². The summed E-state index contributed by atoms with van der Waals surface area (Å²) in [6, 6.07) is 5.35. The van der Waals surface area contributed by atoms with Crippen molar-refractivity contribution in [3.05, 3.63) is 59.0 Å². The first kappa shape index (κ1) is 20.7. The molecule has 2 N–H and O–H groups in total. The van der Waals surface area contributed by atoms with Gasteiger partial charge in [-0.25, -0.2) is 26.4 Å². The maximum absolute atomic E-state index is 12.8. The summed E-state index contributed by atoms with van der Waals surface area (Å²) < 4.78 is 65.1. The summed E-state index contributed by atoms with van der Waals surface area (Å²) in [5, 5.41) is 19.6. The second kappa shape index (κ2) is 7.08. The van der Waals surface area contributed by atoms with Gasteiger partial charge in [0.25, 0.3) is 5.60 Å². The SMILES string of the molecule is O=C1OC(CS(=O)(=O)Cc2ccco2)(C(=O)O)C(S(=O)(=O)Cc2ccco2)=C1O. The van der Waals surface area contributed by atoms with Crippen molar-refractivity contribution in [2.75, 3.05) is 5.75 Å². The zero-order valence-electron chi connectivity index (χ0n) is 14.5. The predicted molar refractivity (Wildman–Crippen MR) is 93.6 cm³/mol. The van der Waals surface area contributed by atoms with Crippen LogP contribution in [0.25, 0.3) is 0 Å². The van der Waals surface area contributed by atoms with E-state index in [0.29, 0.717) is 0 Å². The molecule has 156 valence electrons. The molecule has 0 aliphatic carbocycles. The summed E-state index contributed by atoms with van der Waals surface area (Å²) in [5.41, 5.74) is -3.15. The van der Waals surface area contributed by atoms with Gasteiger partial charge in [-0.05, 0) is 24.3 Å². The molecule has 1 atom stereocenters. The van der Waals surface area contributed by atoms with Crippen molar-refractivity contribution in [2.45, 2.75) is 17.1 Å². The van der Waals surface area contributed by atoms with E-state index in [0.717, 1.165) is 6.26 Å². The van der Waals surface area contributed by atoms with Crippen LogP contribution in [-0.4, -0.2) is 50.3 Å². The first-order valence-electron chi connectivity index (χ1n) is 7.85. The highest BCUT2D eigenvalue weighted by atomic mass is 32.2. The molecular formula is C16H14O11S2. The van der Waals surface area contributed by atoms with Gasteiger partial charge in [-0.2, -0.15) is 0 Å². The third-order valence-corrected chi connectivity index (χ3v) is 7.36. The van der Waals surface area contributed by atoms with Crippen LogP contribution in [0.5, 0.6) is 0 Å². The molecule has 0 saturated heterocycles.